The Labute approximate surface area is 60.6 Å². The molecule has 0 spiro atoms. The Bertz CT molecular complexity index is 153. The average Bonchev–Trinajstić information content (AvgIpc) is 1.89. The van der Waals surface area contributed by atoms with Gasteiger partial charge in [-0.15, -0.1) is 12.3 Å². The van der Waals surface area contributed by atoms with E-state index in [0.717, 1.165) is 0 Å². The van der Waals surface area contributed by atoms with Crippen LogP contribution < -0.4 is 0 Å². The lowest BCUT2D eigenvalue weighted by Gasteiger charge is -1.90. The molecule has 0 unspecified atom stereocenters. The van der Waals surface area contributed by atoms with Gasteiger partial charge in [-0.3, -0.25) is 4.79 Å². The van der Waals surface area contributed by atoms with Crippen LogP contribution in [0.5, 0.6) is 0 Å². The molecule has 0 aromatic rings. The molecule has 2 heteroatoms. The Kier molecular flexibility index (Phi) is 5.36. The zero-order valence-electron chi connectivity index (χ0n) is 5.80. The first-order chi connectivity index (χ1) is 4.81. The molecule has 0 aliphatic carbocycles. The molecule has 0 saturated carbocycles. The summed E-state index contributed by atoms with van der Waals surface area (Å²) in [5.74, 6) is 2.40. The predicted molar refractivity (Wildman–Crippen MR) is 38.4 cm³/mol. The monoisotopic (exact) mass is 138 g/mol. The Morgan fingerprint density at radius 1 is 1.60 bits per heavy atom. The summed E-state index contributed by atoms with van der Waals surface area (Å²) in [6.07, 6.45) is 7.36. The van der Waals surface area contributed by atoms with Crippen LogP contribution in [0.1, 0.15) is 25.7 Å². The van der Waals surface area contributed by atoms with E-state index in [1.54, 1.807) is 0 Å². The lowest BCUT2D eigenvalue weighted by Crippen LogP contribution is -1.97. The third-order valence-corrected chi connectivity index (χ3v) is 1.09. The van der Waals surface area contributed by atoms with Crippen molar-refractivity contribution in [2.45, 2.75) is 25.7 Å². The van der Waals surface area contributed by atoms with Crippen LogP contribution in [0.25, 0.3) is 0 Å². The fraction of sp³-hybridized carbons (Fsp3) is 0.500. The van der Waals surface area contributed by atoms with Crippen LogP contribution in [0.3, 0.4) is 0 Å². The van der Waals surface area contributed by atoms with Gasteiger partial charge in [0.25, 0.3) is 0 Å². The van der Waals surface area contributed by atoms with Gasteiger partial charge in [-0.05, 0) is 6.42 Å². The fourth-order valence-electron chi connectivity index (χ4n) is 0.583. The Morgan fingerprint density at radius 3 is 2.80 bits per heavy atom. The van der Waals surface area contributed by atoms with Crippen LogP contribution in [0, 0.1) is 12.3 Å². The molecule has 0 aromatic heterocycles. The van der Waals surface area contributed by atoms with Gasteiger partial charge in [0.05, 0.1) is 6.42 Å². The minimum atomic E-state index is -0.0229. The summed E-state index contributed by atoms with van der Waals surface area (Å²) >= 11 is 0. The molecule has 0 atom stereocenters. The van der Waals surface area contributed by atoms with Crippen molar-refractivity contribution in [2.75, 3.05) is 0 Å². The molecule has 10 heavy (non-hydrogen) atoms. The standard InChI is InChI=1S/C8H10O2/c1-2-3-4-5-8(10)6-7-9/h1,7H,3-6H2. The minimum absolute atomic E-state index is 0.0229. The molecule has 54 valence electrons. The topological polar surface area (TPSA) is 34.1 Å². The number of rotatable bonds is 5. The summed E-state index contributed by atoms with van der Waals surface area (Å²) in [5, 5.41) is 0. The highest BCUT2D eigenvalue weighted by Crippen LogP contribution is 1.96. The maximum absolute atomic E-state index is 10.6. The van der Waals surface area contributed by atoms with Crippen LogP contribution in [-0.4, -0.2) is 12.1 Å². The summed E-state index contributed by atoms with van der Waals surface area (Å²) < 4.78 is 0. The summed E-state index contributed by atoms with van der Waals surface area (Å²) in [7, 11) is 0. The number of unbranched alkanes of at least 4 members (excludes halogenated alkanes) is 1. The first kappa shape index (κ1) is 8.90. The molecule has 0 aliphatic heterocycles. The number of ketones is 1. The molecule has 0 rings (SSSR count). The molecule has 0 aromatic carbocycles. The molecule has 0 radical (unpaired) electrons. The van der Waals surface area contributed by atoms with Gasteiger partial charge in [0.2, 0.25) is 0 Å². The molecular weight excluding hydrogens is 128 g/mol. The maximum Gasteiger partial charge on any atom is 0.139 e. The highest BCUT2D eigenvalue weighted by Gasteiger charge is 1.97. The molecule has 0 fully saturated rings. The first-order valence-corrected chi connectivity index (χ1v) is 3.20. The quantitative estimate of drug-likeness (QED) is 0.245. The SMILES string of the molecule is C#CCCCC(=O)CC=O. The van der Waals surface area contributed by atoms with Crippen molar-refractivity contribution in [1.29, 1.82) is 0 Å². The third kappa shape index (κ3) is 5.04. The number of carbonyl (C=O) groups is 2. The highest BCUT2D eigenvalue weighted by molar-refractivity contribution is 5.89. The number of aldehydes is 1. The second-order valence-corrected chi connectivity index (χ2v) is 1.97. The minimum Gasteiger partial charge on any atom is -0.303 e. The van der Waals surface area contributed by atoms with Crippen molar-refractivity contribution in [2.24, 2.45) is 0 Å². The third-order valence-electron chi connectivity index (χ3n) is 1.09. The molecule has 0 saturated heterocycles. The van der Waals surface area contributed by atoms with Crippen LogP contribution in [-0.2, 0) is 9.59 Å². The van der Waals surface area contributed by atoms with Crippen LogP contribution in [0.15, 0.2) is 0 Å². The van der Waals surface area contributed by atoms with E-state index in [2.05, 4.69) is 5.92 Å². The number of Topliss-reactive ketones (excluding diaryl/α,β-unsaturated/α-hetero) is 1. The van der Waals surface area contributed by atoms with Gasteiger partial charge >= 0.3 is 0 Å². The normalized spacial score (nSPS) is 8.30. The van der Waals surface area contributed by atoms with Crippen molar-refractivity contribution < 1.29 is 9.59 Å². The number of hydrogen-bond donors (Lipinski definition) is 0. The molecule has 0 N–H and O–H groups in total. The summed E-state index contributed by atoms with van der Waals surface area (Å²) in [6, 6.07) is 0. The van der Waals surface area contributed by atoms with Gasteiger partial charge in [0.15, 0.2) is 0 Å². The van der Waals surface area contributed by atoms with Crippen molar-refractivity contribution in [1.82, 2.24) is 0 Å². The van der Waals surface area contributed by atoms with Gasteiger partial charge in [0, 0.05) is 12.8 Å². The van der Waals surface area contributed by atoms with E-state index in [1.165, 1.54) is 0 Å². The average molecular weight is 138 g/mol. The van der Waals surface area contributed by atoms with Crippen LogP contribution in [0.2, 0.25) is 0 Å². The van der Waals surface area contributed by atoms with E-state index in [9.17, 15) is 9.59 Å². The first-order valence-electron chi connectivity index (χ1n) is 3.20. The highest BCUT2D eigenvalue weighted by atomic mass is 16.1. The molecule has 2 nitrogen and oxygen atoms in total. The molecular formula is C8H10O2. The van der Waals surface area contributed by atoms with E-state index in [-0.39, 0.29) is 12.2 Å². The van der Waals surface area contributed by atoms with Crippen molar-refractivity contribution >= 4 is 12.1 Å². The zero-order valence-corrected chi connectivity index (χ0v) is 5.80. The van der Waals surface area contributed by atoms with Crippen molar-refractivity contribution in [3.63, 3.8) is 0 Å². The van der Waals surface area contributed by atoms with Gasteiger partial charge in [-0.25, -0.2) is 0 Å². The van der Waals surface area contributed by atoms with Crippen molar-refractivity contribution in [3.05, 3.63) is 0 Å². The van der Waals surface area contributed by atoms with Gasteiger partial charge in [-0.2, -0.15) is 0 Å². The maximum atomic E-state index is 10.6. The Morgan fingerprint density at radius 2 is 2.30 bits per heavy atom. The van der Waals surface area contributed by atoms with Gasteiger partial charge in [0.1, 0.15) is 12.1 Å². The smallest absolute Gasteiger partial charge is 0.139 e. The van der Waals surface area contributed by atoms with E-state index in [4.69, 9.17) is 6.42 Å². The molecule has 0 bridgehead atoms. The largest absolute Gasteiger partial charge is 0.303 e. The van der Waals surface area contributed by atoms with E-state index < -0.39 is 0 Å². The summed E-state index contributed by atoms with van der Waals surface area (Å²) in [4.78, 5) is 20.4. The van der Waals surface area contributed by atoms with E-state index >= 15 is 0 Å². The predicted octanol–water partition coefficient (Wildman–Crippen LogP) is 0.948. The number of carbonyl (C=O) groups excluding carboxylic acids is 2. The lowest BCUT2D eigenvalue weighted by molar-refractivity contribution is -0.122. The number of terminal acetylenes is 1. The fourth-order valence-corrected chi connectivity index (χ4v) is 0.583. The van der Waals surface area contributed by atoms with Crippen LogP contribution in [0.4, 0.5) is 0 Å². The Balaban J connectivity index is 3.23. The van der Waals surface area contributed by atoms with Crippen LogP contribution >= 0.6 is 0 Å². The second kappa shape index (κ2) is 6.03. The molecule has 0 amide bonds. The van der Waals surface area contributed by atoms with Gasteiger partial charge < -0.3 is 4.79 Å². The lowest BCUT2D eigenvalue weighted by atomic mass is 10.1. The summed E-state index contributed by atoms with van der Waals surface area (Å²) in [6.45, 7) is 0. The summed E-state index contributed by atoms with van der Waals surface area (Å²) in [5.41, 5.74) is 0. The van der Waals surface area contributed by atoms with Gasteiger partial charge in [-0.1, -0.05) is 0 Å². The zero-order chi connectivity index (χ0) is 7.82. The molecule has 0 aliphatic rings. The molecule has 0 heterocycles. The van der Waals surface area contributed by atoms with E-state index in [1.807, 2.05) is 0 Å². The van der Waals surface area contributed by atoms with Crippen molar-refractivity contribution in [3.8, 4) is 12.3 Å². The second-order valence-electron chi connectivity index (χ2n) is 1.97. The number of hydrogen-bond acceptors (Lipinski definition) is 2. The Hall–Kier alpha value is -1.10. The van der Waals surface area contributed by atoms with E-state index in [0.29, 0.717) is 25.5 Å².